The van der Waals surface area contributed by atoms with E-state index in [-0.39, 0.29) is 23.1 Å². The SMILES string of the molecule is CC1Cc2cc(OS(=O)(=O)C(F)(F)F)ccc2C(c2c(F)cc(C=C3CN(CCCF)C3)cc2F)N1CC(F)(F)F. The number of alkyl halides is 7. The number of benzene rings is 2. The summed E-state index contributed by atoms with van der Waals surface area (Å²) in [7, 11) is -6.03. The first-order chi connectivity index (χ1) is 19.0. The first kappa shape index (κ1) is 31.2. The maximum atomic E-state index is 15.5. The largest absolute Gasteiger partial charge is 0.534 e. The van der Waals surface area contributed by atoms with Crippen LogP contribution in [-0.4, -0.2) is 68.8 Å². The molecule has 1 saturated heterocycles. The third kappa shape index (κ3) is 7.00. The number of nitrogens with zero attached hydrogens (tertiary/aromatic N) is 2. The number of fused-ring (bicyclic) bond motifs is 1. The number of hydrogen-bond acceptors (Lipinski definition) is 5. The smallest absolute Gasteiger partial charge is 0.376 e. The first-order valence-corrected chi connectivity index (χ1v) is 13.8. The summed E-state index contributed by atoms with van der Waals surface area (Å²) < 4.78 is 149. The number of halogens is 9. The molecule has 1 fully saturated rings. The zero-order chi connectivity index (χ0) is 30.3. The molecule has 2 aromatic carbocycles. The Morgan fingerprint density at radius 3 is 2.22 bits per heavy atom. The number of likely N-dealkylation sites (tertiary alicyclic amines) is 1. The highest BCUT2D eigenvalue weighted by molar-refractivity contribution is 7.88. The lowest BCUT2D eigenvalue weighted by Gasteiger charge is -2.42. The fourth-order valence-electron chi connectivity index (χ4n) is 5.14. The summed E-state index contributed by atoms with van der Waals surface area (Å²) >= 11 is 0. The van der Waals surface area contributed by atoms with Crippen molar-refractivity contribution in [1.29, 1.82) is 0 Å². The Kier molecular flexibility index (Phi) is 8.72. The molecule has 0 aromatic heterocycles. The average molecular weight is 617 g/mol. The van der Waals surface area contributed by atoms with Gasteiger partial charge < -0.3 is 4.18 Å². The highest BCUT2D eigenvalue weighted by Gasteiger charge is 2.49. The van der Waals surface area contributed by atoms with Crippen LogP contribution in [0.1, 0.15) is 41.6 Å². The van der Waals surface area contributed by atoms with Crippen molar-refractivity contribution in [1.82, 2.24) is 9.80 Å². The van der Waals surface area contributed by atoms with Crippen LogP contribution in [0.4, 0.5) is 39.5 Å². The van der Waals surface area contributed by atoms with Crippen molar-refractivity contribution in [2.45, 2.75) is 43.5 Å². The zero-order valence-corrected chi connectivity index (χ0v) is 22.3. The molecule has 15 heteroatoms. The summed E-state index contributed by atoms with van der Waals surface area (Å²) in [5.41, 5.74) is -5.43. The minimum atomic E-state index is -6.03. The topological polar surface area (TPSA) is 49.9 Å². The van der Waals surface area contributed by atoms with Crippen LogP contribution in [0.15, 0.2) is 35.9 Å². The van der Waals surface area contributed by atoms with E-state index < -0.39 is 70.1 Å². The van der Waals surface area contributed by atoms with Gasteiger partial charge in [-0.2, -0.15) is 34.8 Å². The first-order valence-electron chi connectivity index (χ1n) is 12.4. The molecule has 2 aliphatic rings. The molecule has 0 radical (unpaired) electrons. The van der Waals surface area contributed by atoms with Crippen LogP contribution in [0.3, 0.4) is 0 Å². The standard InChI is InChI=1S/C26H25F9N2O3S/c1-15-7-18-11-19(40-41(38,39)26(33,34)35)3-4-20(18)24(37(15)14-25(30,31)32)23-21(28)9-16(10-22(23)29)8-17-12-36(13-17)6-2-5-27/h3-4,8-11,15,24H,2,5-7,12-14H2,1H3. The second-order valence-electron chi connectivity index (χ2n) is 10.0. The van der Waals surface area contributed by atoms with E-state index in [2.05, 4.69) is 4.18 Å². The van der Waals surface area contributed by atoms with Crippen LogP contribution in [0.5, 0.6) is 5.75 Å². The van der Waals surface area contributed by atoms with E-state index in [0.29, 0.717) is 26.1 Å². The lowest BCUT2D eigenvalue weighted by Crippen LogP contribution is -2.47. The summed E-state index contributed by atoms with van der Waals surface area (Å²) in [6.07, 6.45) is -3.06. The van der Waals surface area contributed by atoms with Gasteiger partial charge in [0.25, 0.3) is 0 Å². The highest BCUT2D eigenvalue weighted by atomic mass is 32.2. The van der Waals surface area contributed by atoms with Crippen molar-refractivity contribution in [3.05, 3.63) is 69.8 Å². The third-order valence-electron chi connectivity index (χ3n) is 6.88. The molecule has 0 bridgehead atoms. The molecule has 2 aromatic rings. The normalized spacial score (nSPS) is 20.5. The van der Waals surface area contributed by atoms with Crippen molar-refractivity contribution in [2.24, 2.45) is 0 Å². The number of rotatable bonds is 8. The van der Waals surface area contributed by atoms with Crippen LogP contribution in [0, 0.1) is 11.6 Å². The lowest BCUT2D eigenvalue weighted by molar-refractivity contribution is -0.155. The Balaban J connectivity index is 1.72. The maximum absolute atomic E-state index is 15.5. The Hall–Kier alpha value is -2.78. The fourth-order valence-corrected chi connectivity index (χ4v) is 5.59. The van der Waals surface area contributed by atoms with Crippen LogP contribution in [-0.2, 0) is 16.5 Å². The van der Waals surface area contributed by atoms with Crippen molar-refractivity contribution < 1.29 is 52.1 Å². The molecule has 4 rings (SSSR count). The molecule has 0 spiro atoms. The molecule has 226 valence electrons. The quantitative estimate of drug-likeness (QED) is 0.202. The summed E-state index contributed by atoms with van der Waals surface area (Å²) in [5, 5.41) is 0. The van der Waals surface area contributed by atoms with Gasteiger partial charge >= 0.3 is 21.8 Å². The molecule has 2 heterocycles. The van der Waals surface area contributed by atoms with E-state index in [1.807, 2.05) is 4.90 Å². The van der Waals surface area contributed by atoms with E-state index in [4.69, 9.17) is 0 Å². The summed E-state index contributed by atoms with van der Waals surface area (Å²) in [6, 6.07) is 2.02. The van der Waals surface area contributed by atoms with E-state index in [1.54, 1.807) is 0 Å². The third-order valence-corrected chi connectivity index (χ3v) is 7.86. The van der Waals surface area contributed by atoms with Crippen molar-refractivity contribution in [3.63, 3.8) is 0 Å². The molecule has 0 saturated carbocycles. The predicted octanol–water partition coefficient (Wildman–Crippen LogP) is 6.15. The van der Waals surface area contributed by atoms with Crippen LogP contribution >= 0.6 is 0 Å². The van der Waals surface area contributed by atoms with Gasteiger partial charge in [-0.1, -0.05) is 12.1 Å². The molecule has 2 atom stereocenters. The molecule has 0 amide bonds. The van der Waals surface area contributed by atoms with Gasteiger partial charge in [-0.15, -0.1) is 0 Å². The molecular weight excluding hydrogens is 591 g/mol. The molecular formula is C26H25F9N2O3S. The molecule has 2 unspecified atom stereocenters. The van der Waals surface area contributed by atoms with Gasteiger partial charge in [-0.25, -0.2) is 8.78 Å². The number of hydrogen-bond donors (Lipinski definition) is 0. The Morgan fingerprint density at radius 1 is 1.02 bits per heavy atom. The average Bonchev–Trinajstić information content (AvgIpc) is 2.80. The van der Waals surface area contributed by atoms with Crippen LogP contribution in [0.2, 0.25) is 0 Å². The van der Waals surface area contributed by atoms with E-state index >= 15 is 8.78 Å². The van der Waals surface area contributed by atoms with Gasteiger partial charge in [0.2, 0.25) is 0 Å². The van der Waals surface area contributed by atoms with E-state index in [0.717, 1.165) is 40.8 Å². The lowest BCUT2D eigenvalue weighted by atomic mass is 9.84. The molecule has 2 aliphatic heterocycles. The Morgan fingerprint density at radius 2 is 1.66 bits per heavy atom. The second-order valence-corrected chi connectivity index (χ2v) is 11.6. The fraction of sp³-hybridized carbons (Fsp3) is 0.462. The summed E-state index contributed by atoms with van der Waals surface area (Å²) in [5.74, 6) is -3.02. The van der Waals surface area contributed by atoms with Gasteiger partial charge in [-0.05, 0) is 66.3 Å². The van der Waals surface area contributed by atoms with Crippen LogP contribution < -0.4 is 4.18 Å². The molecule has 0 N–H and O–H groups in total. The summed E-state index contributed by atoms with van der Waals surface area (Å²) in [6.45, 7) is 0.819. The van der Waals surface area contributed by atoms with Crippen molar-refractivity contribution in [2.75, 3.05) is 32.9 Å². The van der Waals surface area contributed by atoms with Gasteiger partial charge in [0.15, 0.2) is 0 Å². The second kappa shape index (κ2) is 11.5. The van der Waals surface area contributed by atoms with Gasteiger partial charge in [0.05, 0.1) is 19.3 Å². The zero-order valence-electron chi connectivity index (χ0n) is 21.5. The minimum absolute atomic E-state index is 0.0458. The van der Waals surface area contributed by atoms with Crippen LogP contribution in [0.25, 0.3) is 6.08 Å². The van der Waals surface area contributed by atoms with E-state index in [9.17, 15) is 39.2 Å². The van der Waals surface area contributed by atoms with Crippen molar-refractivity contribution >= 4 is 16.2 Å². The Labute approximate surface area is 230 Å². The highest BCUT2D eigenvalue weighted by Crippen LogP contribution is 2.43. The van der Waals surface area contributed by atoms with Gasteiger partial charge in [0.1, 0.15) is 17.4 Å². The predicted molar refractivity (Wildman–Crippen MR) is 131 cm³/mol. The van der Waals surface area contributed by atoms with Gasteiger partial charge in [-0.3, -0.25) is 14.2 Å². The van der Waals surface area contributed by atoms with Crippen molar-refractivity contribution in [3.8, 4) is 5.75 Å². The molecule has 41 heavy (non-hydrogen) atoms. The Bertz CT molecular complexity index is 1390. The van der Waals surface area contributed by atoms with E-state index in [1.165, 1.54) is 13.0 Å². The summed E-state index contributed by atoms with van der Waals surface area (Å²) in [4.78, 5) is 2.77. The maximum Gasteiger partial charge on any atom is 0.534 e. The monoisotopic (exact) mass is 616 g/mol. The molecule has 5 nitrogen and oxygen atoms in total. The molecule has 0 aliphatic carbocycles. The van der Waals surface area contributed by atoms with Gasteiger partial charge in [0, 0.05) is 31.2 Å². The minimum Gasteiger partial charge on any atom is -0.376 e.